The SMILES string of the molecule is O=C(NCCC1=CCCCC1)c1ccc(Oc2nccnc2N2CCSCC2)cc1. The van der Waals surface area contributed by atoms with E-state index in [4.69, 9.17) is 4.74 Å². The number of aromatic nitrogens is 2. The van der Waals surface area contributed by atoms with E-state index in [1.807, 2.05) is 23.9 Å². The standard InChI is InChI=1S/C23H28N4O2S/c28-22(25-11-10-18-4-2-1-3-5-18)19-6-8-20(9-7-19)29-23-21(24-12-13-26-23)27-14-16-30-17-15-27/h4,6-9,12-13H,1-3,5,10-11,14-17H2,(H,25,28). The summed E-state index contributed by atoms with van der Waals surface area (Å²) < 4.78 is 6.00. The molecule has 0 bridgehead atoms. The number of amides is 1. The Hall–Kier alpha value is -2.54. The van der Waals surface area contributed by atoms with E-state index in [0.717, 1.165) is 36.8 Å². The Morgan fingerprint density at radius 1 is 1.10 bits per heavy atom. The van der Waals surface area contributed by atoms with E-state index in [1.165, 1.54) is 31.3 Å². The molecule has 1 aromatic carbocycles. The Labute approximate surface area is 182 Å². The first-order chi connectivity index (χ1) is 14.8. The van der Waals surface area contributed by atoms with Crippen LogP contribution in [0.15, 0.2) is 48.3 Å². The van der Waals surface area contributed by atoms with E-state index in [0.29, 0.717) is 23.7 Å². The maximum absolute atomic E-state index is 12.4. The van der Waals surface area contributed by atoms with Crippen molar-refractivity contribution >= 4 is 23.5 Å². The summed E-state index contributed by atoms with van der Waals surface area (Å²) in [6.45, 7) is 2.56. The molecular weight excluding hydrogens is 396 g/mol. The molecule has 6 nitrogen and oxygen atoms in total. The third-order valence-electron chi connectivity index (χ3n) is 5.40. The molecule has 0 radical (unpaired) electrons. The van der Waals surface area contributed by atoms with Crippen molar-refractivity contribution in [2.24, 2.45) is 0 Å². The Morgan fingerprint density at radius 3 is 2.67 bits per heavy atom. The van der Waals surface area contributed by atoms with Crippen LogP contribution >= 0.6 is 11.8 Å². The minimum atomic E-state index is -0.0519. The quantitative estimate of drug-likeness (QED) is 0.663. The minimum Gasteiger partial charge on any atom is -0.436 e. The summed E-state index contributed by atoms with van der Waals surface area (Å²) in [5.41, 5.74) is 2.10. The van der Waals surface area contributed by atoms with Crippen molar-refractivity contribution in [3.05, 3.63) is 53.9 Å². The predicted octanol–water partition coefficient (Wildman–Crippen LogP) is 4.44. The lowest BCUT2D eigenvalue weighted by Crippen LogP contribution is -2.33. The third-order valence-corrected chi connectivity index (χ3v) is 6.35. The van der Waals surface area contributed by atoms with Crippen LogP contribution in [0.4, 0.5) is 5.82 Å². The van der Waals surface area contributed by atoms with Crippen LogP contribution in [-0.2, 0) is 0 Å². The van der Waals surface area contributed by atoms with E-state index < -0.39 is 0 Å². The number of ether oxygens (including phenoxy) is 1. The van der Waals surface area contributed by atoms with Gasteiger partial charge in [0.2, 0.25) is 0 Å². The summed E-state index contributed by atoms with van der Waals surface area (Å²) in [6, 6.07) is 7.20. The fourth-order valence-corrected chi connectivity index (χ4v) is 4.64. The summed E-state index contributed by atoms with van der Waals surface area (Å²) in [7, 11) is 0. The molecule has 4 rings (SSSR count). The van der Waals surface area contributed by atoms with Gasteiger partial charge in [-0.1, -0.05) is 11.6 Å². The Kier molecular flexibility index (Phi) is 7.24. The summed E-state index contributed by atoms with van der Waals surface area (Å²) in [6.07, 6.45) is 11.5. The number of hydrogen-bond donors (Lipinski definition) is 1. The first-order valence-corrected chi connectivity index (χ1v) is 11.8. The molecule has 0 spiro atoms. The average molecular weight is 425 g/mol. The summed E-state index contributed by atoms with van der Waals surface area (Å²) >= 11 is 1.95. The van der Waals surface area contributed by atoms with Gasteiger partial charge in [-0.25, -0.2) is 9.97 Å². The van der Waals surface area contributed by atoms with E-state index in [9.17, 15) is 4.79 Å². The molecule has 2 aromatic rings. The highest BCUT2D eigenvalue weighted by molar-refractivity contribution is 7.99. The van der Waals surface area contributed by atoms with E-state index in [1.54, 1.807) is 24.5 Å². The van der Waals surface area contributed by atoms with Crippen molar-refractivity contribution in [3.63, 3.8) is 0 Å². The van der Waals surface area contributed by atoms with E-state index in [-0.39, 0.29) is 5.91 Å². The first-order valence-electron chi connectivity index (χ1n) is 10.7. The van der Waals surface area contributed by atoms with Crippen LogP contribution in [-0.4, -0.2) is 47.0 Å². The summed E-state index contributed by atoms with van der Waals surface area (Å²) in [5, 5.41) is 3.02. The summed E-state index contributed by atoms with van der Waals surface area (Å²) in [5.74, 6) is 4.03. The molecule has 7 heteroatoms. The Morgan fingerprint density at radius 2 is 1.90 bits per heavy atom. The van der Waals surface area contributed by atoms with Gasteiger partial charge in [0.05, 0.1) is 0 Å². The van der Waals surface area contributed by atoms with Gasteiger partial charge in [-0.2, -0.15) is 11.8 Å². The third kappa shape index (κ3) is 5.53. The minimum absolute atomic E-state index is 0.0519. The van der Waals surface area contributed by atoms with Gasteiger partial charge in [-0.15, -0.1) is 0 Å². The monoisotopic (exact) mass is 424 g/mol. The highest BCUT2D eigenvalue weighted by Crippen LogP contribution is 2.29. The second-order valence-electron chi connectivity index (χ2n) is 7.53. The Balaban J connectivity index is 1.33. The number of nitrogens with zero attached hydrogens (tertiary/aromatic N) is 3. The highest BCUT2D eigenvalue weighted by Gasteiger charge is 2.18. The van der Waals surface area contributed by atoms with Gasteiger partial charge in [0, 0.05) is 49.1 Å². The van der Waals surface area contributed by atoms with Crippen molar-refractivity contribution in [1.82, 2.24) is 15.3 Å². The molecule has 0 unspecified atom stereocenters. The maximum Gasteiger partial charge on any atom is 0.263 e. The molecule has 1 aromatic heterocycles. The number of carbonyl (C=O) groups excluding carboxylic acids is 1. The normalized spacial score (nSPS) is 16.7. The summed E-state index contributed by atoms with van der Waals surface area (Å²) in [4.78, 5) is 23.5. The molecule has 30 heavy (non-hydrogen) atoms. The number of hydrogen-bond acceptors (Lipinski definition) is 6. The Bertz CT molecular complexity index is 879. The molecule has 1 aliphatic carbocycles. The lowest BCUT2D eigenvalue weighted by Gasteiger charge is -2.28. The molecule has 1 aliphatic heterocycles. The second kappa shape index (κ2) is 10.5. The average Bonchev–Trinajstić information content (AvgIpc) is 2.81. The number of allylic oxidation sites excluding steroid dienone is 1. The van der Waals surface area contributed by atoms with Crippen LogP contribution in [0, 0.1) is 0 Å². The maximum atomic E-state index is 12.4. The topological polar surface area (TPSA) is 67.3 Å². The number of carbonyl (C=O) groups is 1. The highest BCUT2D eigenvalue weighted by atomic mass is 32.2. The van der Waals surface area contributed by atoms with Crippen LogP contribution in [0.5, 0.6) is 11.6 Å². The fraction of sp³-hybridized carbons (Fsp3) is 0.435. The molecule has 1 amide bonds. The van der Waals surface area contributed by atoms with Crippen molar-refractivity contribution in [2.75, 3.05) is 36.0 Å². The largest absolute Gasteiger partial charge is 0.436 e. The second-order valence-corrected chi connectivity index (χ2v) is 8.75. The molecular formula is C23H28N4O2S. The molecule has 0 atom stereocenters. The number of thioether (sulfide) groups is 1. The van der Waals surface area contributed by atoms with Gasteiger partial charge in [-0.05, 0) is 56.4 Å². The lowest BCUT2D eigenvalue weighted by atomic mass is 9.97. The van der Waals surface area contributed by atoms with Gasteiger partial charge in [0.15, 0.2) is 5.82 Å². The molecule has 2 aliphatic rings. The van der Waals surface area contributed by atoms with Crippen LogP contribution in [0.25, 0.3) is 0 Å². The molecule has 1 N–H and O–H groups in total. The molecule has 158 valence electrons. The number of rotatable bonds is 7. The molecule has 1 saturated heterocycles. The number of nitrogens with one attached hydrogen (secondary N) is 1. The number of anilines is 1. The number of benzene rings is 1. The first kappa shape index (κ1) is 20.7. The van der Waals surface area contributed by atoms with Crippen LogP contribution < -0.4 is 15.0 Å². The molecule has 2 heterocycles. The van der Waals surface area contributed by atoms with Gasteiger partial charge in [0.1, 0.15) is 5.75 Å². The van der Waals surface area contributed by atoms with Crippen LogP contribution in [0.3, 0.4) is 0 Å². The smallest absolute Gasteiger partial charge is 0.263 e. The lowest BCUT2D eigenvalue weighted by molar-refractivity contribution is 0.0954. The van der Waals surface area contributed by atoms with Crippen LogP contribution in [0.2, 0.25) is 0 Å². The van der Waals surface area contributed by atoms with Crippen LogP contribution in [0.1, 0.15) is 42.5 Å². The van der Waals surface area contributed by atoms with E-state index in [2.05, 4.69) is 26.3 Å². The zero-order valence-corrected chi connectivity index (χ0v) is 18.0. The van der Waals surface area contributed by atoms with Gasteiger partial charge in [0.25, 0.3) is 11.8 Å². The zero-order valence-electron chi connectivity index (χ0n) is 17.2. The fourth-order valence-electron chi connectivity index (χ4n) is 3.74. The van der Waals surface area contributed by atoms with Gasteiger partial charge in [-0.3, -0.25) is 4.79 Å². The van der Waals surface area contributed by atoms with Crippen molar-refractivity contribution in [1.29, 1.82) is 0 Å². The molecule has 0 saturated carbocycles. The zero-order chi connectivity index (χ0) is 20.6. The van der Waals surface area contributed by atoms with Crippen molar-refractivity contribution < 1.29 is 9.53 Å². The van der Waals surface area contributed by atoms with Gasteiger partial charge >= 0.3 is 0 Å². The molecule has 1 fully saturated rings. The van der Waals surface area contributed by atoms with Gasteiger partial charge < -0.3 is 15.0 Å². The van der Waals surface area contributed by atoms with E-state index >= 15 is 0 Å². The predicted molar refractivity (Wildman–Crippen MR) is 122 cm³/mol. The van der Waals surface area contributed by atoms with Crippen molar-refractivity contribution in [2.45, 2.75) is 32.1 Å². The van der Waals surface area contributed by atoms with Crippen molar-refractivity contribution in [3.8, 4) is 11.6 Å².